The number of nitrogens with one attached hydrogen (secondary N) is 1. The molecule has 0 aromatic heterocycles. The summed E-state index contributed by atoms with van der Waals surface area (Å²) in [4.78, 5) is 53.8. The zero-order valence-corrected chi connectivity index (χ0v) is 19.1. The van der Waals surface area contributed by atoms with Gasteiger partial charge in [-0.2, -0.15) is 0 Å². The molecule has 1 aliphatic heterocycles. The quantitative estimate of drug-likeness (QED) is 0.436. The van der Waals surface area contributed by atoms with Gasteiger partial charge in [0.15, 0.2) is 0 Å². The van der Waals surface area contributed by atoms with Gasteiger partial charge in [-0.05, 0) is 48.5 Å². The molecule has 1 heterocycles. The Morgan fingerprint density at radius 1 is 0.886 bits per heavy atom. The number of para-hydroxylation sites is 1. The smallest absolute Gasteiger partial charge is 0.273 e. The van der Waals surface area contributed by atoms with Crippen LogP contribution in [0.5, 0.6) is 11.5 Å². The fourth-order valence-electron chi connectivity index (χ4n) is 3.81. The summed E-state index contributed by atoms with van der Waals surface area (Å²) < 4.78 is 10.4. The molecule has 35 heavy (non-hydrogen) atoms. The predicted octanol–water partition coefficient (Wildman–Crippen LogP) is 2.82. The first-order chi connectivity index (χ1) is 16.9. The highest BCUT2D eigenvalue weighted by Crippen LogP contribution is 2.28. The van der Waals surface area contributed by atoms with Crippen LogP contribution in [0.25, 0.3) is 0 Å². The van der Waals surface area contributed by atoms with Crippen LogP contribution in [0.1, 0.15) is 27.1 Å². The minimum absolute atomic E-state index is 0.171. The van der Waals surface area contributed by atoms with Gasteiger partial charge in [-0.15, -0.1) is 0 Å². The number of hydrogen-bond donors (Lipinski definition) is 1. The van der Waals surface area contributed by atoms with E-state index in [1.165, 1.54) is 20.3 Å². The van der Waals surface area contributed by atoms with Crippen LogP contribution in [0.15, 0.2) is 78.9 Å². The number of rotatable bonds is 6. The first-order valence-electron chi connectivity index (χ1n) is 10.8. The van der Waals surface area contributed by atoms with Crippen LogP contribution in [-0.4, -0.2) is 48.9 Å². The first-order valence-corrected chi connectivity index (χ1v) is 10.8. The highest BCUT2D eigenvalue weighted by atomic mass is 16.5. The Morgan fingerprint density at radius 3 is 2.20 bits per heavy atom. The topological polar surface area (TPSA) is 105 Å². The van der Waals surface area contributed by atoms with E-state index in [0.29, 0.717) is 17.2 Å². The molecule has 4 rings (SSSR count). The molecule has 1 atom stereocenters. The van der Waals surface area contributed by atoms with Crippen LogP contribution < -0.4 is 19.8 Å². The van der Waals surface area contributed by atoms with Gasteiger partial charge in [-0.25, -0.2) is 9.91 Å². The number of nitrogens with zero attached hydrogens (tertiary/aromatic N) is 2. The Labute approximate surface area is 201 Å². The van der Waals surface area contributed by atoms with Crippen molar-refractivity contribution >= 4 is 29.3 Å². The molecule has 3 aromatic carbocycles. The minimum atomic E-state index is -1.24. The molecule has 1 unspecified atom stereocenters. The first kappa shape index (κ1) is 23.5. The molecule has 9 nitrogen and oxygen atoms in total. The fourth-order valence-corrected chi connectivity index (χ4v) is 3.81. The van der Waals surface area contributed by atoms with Crippen molar-refractivity contribution in [2.45, 2.75) is 12.5 Å². The monoisotopic (exact) mass is 473 g/mol. The van der Waals surface area contributed by atoms with Gasteiger partial charge in [-0.1, -0.05) is 30.3 Å². The number of anilines is 1. The van der Waals surface area contributed by atoms with E-state index in [1.807, 2.05) is 0 Å². The maximum atomic E-state index is 13.4. The molecule has 0 spiro atoms. The Balaban J connectivity index is 1.68. The van der Waals surface area contributed by atoms with Crippen LogP contribution >= 0.6 is 0 Å². The average molecular weight is 473 g/mol. The lowest BCUT2D eigenvalue weighted by Gasteiger charge is -2.28. The van der Waals surface area contributed by atoms with Crippen LogP contribution in [0.2, 0.25) is 0 Å². The van der Waals surface area contributed by atoms with Gasteiger partial charge < -0.3 is 9.47 Å². The molecule has 178 valence electrons. The molecule has 9 heteroatoms. The molecule has 0 bridgehead atoms. The van der Waals surface area contributed by atoms with Crippen LogP contribution in [0.3, 0.4) is 0 Å². The normalized spacial score (nSPS) is 15.0. The van der Waals surface area contributed by atoms with Crippen molar-refractivity contribution in [3.63, 3.8) is 0 Å². The number of benzene rings is 3. The Morgan fingerprint density at radius 2 is 1.54 bits per heavy atom. The van der Waals surface area contributed by atoms with E-state index in [4.69, 9.17) is 9.47 Å². The van der Waals surface area contributed by atoms with Crippen molar-refractivity contribution in [2.24, 2.45) is 0 Å². The predicted molar refractivity (Wildman–Crippen MR) is 127 cm³/mol. The van der Waals surface area contributed by atoms with Gasteiger partial charge in [0.25, 0.3) is 17.7 Å². The zero-order valence-electron chi connectivity index (χ0n) is 19.1. The standard InChI is InChI=1S/C26H23N3O6/c1-34-19-14-12-18(13-15-19)28-23(30)16-21(26(28)33)29(25(32)17-8-4-3-5-9-17)27-24(31)20-10-6-7-11-22(20)35-2/h3-15,21H,16H2,1-2H3,(H,27,31). The fraction of sp³-hybridized carbons (Fsp3) is 0.154. The van der Waals surface area contributed by atoms with Gasteiger partial charge in [0.05, 0.1) is 31.9 Å². The van der Waals surface area contributed by atoms with Crippen LogP contribution in [0, 0.1) is 0 Å². The van der Waals surface area contributed by atoms with Gasteiger partial charge in [0, 0.05) is 5.56 Å². The Bertz CT molecular complexity index is 1260. The third-order valence-electron chi connectivity index (χ3n) is 5.58. The molecule has 0 aliphatic carbocycles. The van der Waals surface area contributed by atoms with Crippen molar-refractivity contribution in [3.8, 4) is 11.5 Å². The summed E-state index contributed by atoms with van der Waals surface area (Å²) >= 11 is 0. The number of amides is 4. The molecule has 3 aromatic rings. The van der Waals surface area contributed by atoms with E-state index >= 15 is 0 Å². The maximum Gasteiger partial charge on any atom is 0.273 e. The number of methoxy groups -OCH3 is 2. The van der Waals surface area contributed by atoms with Gasteiger partial charge in [0.2, 0.25) is 5.91 Å². The molecule has 1 saturated heterocycles. The summed E-state index contributed by atoms with van der Waals surface area (Å²) in [7, 11) is 2.93. The second kappa shape index (κ2) is 10.1. The number of hydrazine groups is 1. The Hall–Kier alpha value is -4.66. The minimum Gasteiger partial charge on any atom is -0.497 e. The molecule has 1 aliphatic rings. The number of carbonyl (C=O) groups excluding carboxylic acids is 4. The van der Waals surface area contributed by atoms with Crippen molar-refractivity contribution in [3.05, 3.63) is 90.0 Å². The SMILES string of the molecule is COc1ccc(N2C(=O)CC(N(NC(=O)c3ccccc3OC)C(=O)c3ccccc3)C2=O)cc1. The third-order valence-corrected chi connectivity index (χ3v) is 5.58. The van der Waals surface area contributed by atoms with Crippen molar-refractivity contribution < 1.29 is 28.7 Å². The molecule has 0 radical (unpaired) electrons. The second-order valence-corrected chi connectivity index (χ2v) is 7.67. The van der Waals surface area contributed by atoms with Crippen molar-refractivity contribution in [2.75, 3.05) is 19.1 Å². The van der Waals surface area contributed by atoms with E-state index in [2.05, 4.69) is 5.43 Å². The second-order valence-electron chi connectivity index (χ2n) is 7.67. The van der Waals surface area contributed by atoms with Gasteiger partial charge >= 0.3 is 0 Å². The van der Waals surface area contributed by atoms with Crippen LogP contribution in [-0.2, 0) is 9.59 Å². The summed E-state index contributed by atoms with van der Waals surface area (Å²) in [5.74, 6) is -1.56. The van der Waals surface area contributed by atoms with E-state index in [0.717, 1.165) is 9.91 Å². The lowest BCUT2D eigenvalue weighted by molar-refractivity contribution is -0.122. The molecular formula is C26H23N3O6. The van der Waals surface area contributed by atoms with Gasteiger partial charge in [-0.3, -0.25) is 24.6 Å². The highest BCUT2D eigenvalue weighted by Gasteiger charge is 2.45. The van der Waals surface area contributed by atoms with Crippen molar-refractivity contribution in [1.82, 2.24) is 10.4 Å². The molecule has 1 N–H and O–H groups in total. The largest absolute Gasteiger partial charge is 0.497 e. The number of hydrogen-bond acceptors (Lipinski definition) is 6. The number of carbonyl (C=O) groups is 4. The maximum absolute atomic E-state index is 13.4. The average Bonchev–Trinajstić information content (AvgIpc) is 3.20. The summed E-state index contributed by atoms with van der Waals surface area (Å²) in [6, 6.07) is 19.8. The number of imide groups is 1. The lowest BCUT2D eigenvalue weighted by Crippen LogP contribution is -2.54. The van der Waals surface area contributed by atoms with E-state index in [1.54, 1.807) is 72.8 Å². The summed E-state index contributed by atoms with van der Waals surface area (Å²) in [6.07, 6.45) is -0.296. The molecular weight excluding hydrogens is 450 g/mol. The summed E-state index contributed by atoms with van der Waals surface area (Å²) in [5.41, 5.74) is 3.29. The van der Waals surface area contributed by atoms with Gasteiger partial charge in [0.1, 0.15) is 17.5 Å². The molecule has 4 amide bonds. The summed E-state index contributed by atoms with van der Waals surface area (Å²) in [6.45, 7) is 0. The summed E-state index contributed by atoms with van der Waals surface area (Å²) in [5, 5.41) is 0.924. The Kier molecular flexibility index (Phi) is 6.77. The highest BCUT2D eigenvalue weighted by molar-refractivity contribution is 6.23. The molecule has 1 fully saturated rings. The zero-order chi connectivity index (χ0) is 24.9. The van der Waals surface area contributed by atoms with Crippen molar-refractivity contribution in [1.29, 1.82) is 0 Å². The lowest BCUT2D eigenvalue weighted by atomic mass is 10.1. The van der Waals surface area contributed by atoms with E-state index in [-0.39, 0.29) is 17.5 Å². The number of ether oxygens (including phenoxy) is 2. The molecule has 0 saturated carbocycles. The third kappa shape index (κ3) is 4.70. The van der Waals surface area contributed by atoms with Crippen LogP contribution in [0.4, 0.5) is 5.69 Å². The van der Waals surface area contributed by atoms with E-state index < -0.39 is 29.7 Å². The van der Waals surface area contributed by atoms with E-state index in [9.17, 15) is 19.2 Å².